The van der Waals surface area contributed by atoms with Crippen molar-refractivity contribution in [2.75, 3.05) is 0 Å². The lowest BCUT2D eigenvalue weighted by Crippen LogP contribution is -1.91. The highest BCUT2D eigenvalue weighted by Gasteiger charge is 2.08. The summed E-state index contributed by atoms with van der Waals surface area (Å²) in [6.07, 6.45) is 1.48. The maximum absolute atomic E-state index is 13.2. The van der Waals surface area contributed by atoms with Crippen molar-refractivity contribution in [3.05, 3.63) is 59.7 Å². The molecule has 3 aromatic rings. The van der Waals surface area contributed by atoms with Crippen molar-refractivity contribution < 1.29 is 4.39 Å². The molecule has 0 saturated heterocycles. The first-order valence-electron chi connectivity index (χ1n) is 6.12. The van der Waals surface area contributed by atoms with Crippen LogP contribution in [0.1, 0.15) is 11.1 Å². The molecule has 3 rings (SSSR count). The van der Waals surface area contributed by atoms with E-state index in [0.29, 0.717) is 5.52 Å². The fourth-order valence-electron chi connectivity index (χ4n) is 2.37. The van der Waals surface area contributed by atoms with Crippen molar-refractivity contribution in [1.29, 1.82) is 0 Å². The second-order valence-corrected chi connectivity index (χ2v) is 4.76. The fraction of sp³-hybridized carbons (Fsp3) is 0.125. The van der Waals surface area contributed by atoms with E-state index in [2.05, 4.69) is 42.0 Å². The number of hydrogen-bond acceptors (Lipinski definition) is 2. The Kier molecular flexibility index (Phi) is 2.75. The summed E-state index contributed by atoms with van der Waals surface area (Å²) in [6, 6.07) is 10.9. The summed E-state index contributed by atoms with van der Waals surface area (Å²) in [6.45, 7) is 4.11. The Morgan fingerprint density at radius 1 is 0.895 bits per heavy atom. The van der Waals surface area contributed by atoms with E-state index >= 15 is 0 Å². The average molecular weight is 252 g/mol. The van der Waals surface area contributed by atoms with Crippen molar-refractivity contribution in [2.24, 2.45) is 0 Å². The minimum atomic E-state index is -0.280. The van der Waals surface area contributed by atoms with Crippen LogP contribution in [0.25, 0.3) is 22.2 Å². The Labute approximate surface area is 111 Å². The Hall–Kier alpha value is -2.29. The van der Waals surface area contributed by atoms with Crippen molar-refractivity contribution in [3.63, 3.8) is 0 Å². The van der Waals surface area contributed by atoms with Gasteiger partial charge in [0, 0.05) is 17.0 Å². The summed E-state index contributed by atoms with van der Waals surface area (Å²) in [4.78, 5) is 8.48. The lowest BCUT2D eigenvalue weighted by Gasteiger charge is -2.07. The fourth-order valence-corrected chi connectivity index (χ4v) is 2.37. The maximum Gasteiger partial charge on any atom is 0.125 e. The van der Waals surface area contributed by atoms with E-state index in [4.69, 9.17) is 0 Å². The Bertz CT molecular complexity index is 746. The van der Waals surface area contributed by atoms with Crippen LogP contribution in [0, 0.1) is 19.7 Å². The number of aromatic nitrogens is 2. The molecule has 19 heavy (non-hydrogen) atoms. The third-order valence-corrected chi connectivity index (χ3v) is 3.09. The zero-order valence-corrected chi connectivity index (χ0v) is 10.8. The van der Waals surface area contributed by atoms with Gasteiger partial charge in [0.1, 0.15) is 12.1 Å². The van der Waals surface area contributed by atoms with Crippen molar-refractivity contribution >= 4 is 10.9 Å². The van der Waals surface area contributed by atoms with Crippen molar-refractivity contribution in [1.82, 2.24) is 9.97 Å². The highest BCUT2D eigenvalue weighted by atomic mass is 19.1. The van der Waals surface area contributed by atoms with Crippen LogP contribution >= 0.6 is 0 Å². The third-order valence-electron chi connectivity index (χ3n) is 3.09. The molecular formula is C16H13FN2. The predicted octanol–water partition coefficient (Wildman–Crippen LogP) is 4.05. The van der Waals surface area contributed by atoms with Gasteiger partial charge in [0.25, 0.3) is 0 Å². The third kappa shape index (κ3) is 2.19. The summed E-state index contributed by atoms with van der Waals surface area (Å²) in [5, 5.41) is 0.869. The normalized spacial score (nSPS) is 10.9. The SMILES string of the molecule is Cc1cc(C)cc(-c2ncnc3cc(F)ccc23)c1. The minimum Gasteiger partial charge on any atom is -0.236 e. The quantitative estimate of drug-likeness (QED) is 0.653. The van der Waals surface area contributed by atoms with Crippen LogP contribution in [0.3, 0.4) is 0 Å². The van der Waals surface area contributed by atoms with E-state index < -0.39 is 0 Å². The van der Waals surface area contributed by atoms with Crippen molar-refractivity contribution in [2.45, 2.75) is 13.8 Å². The smallest absolute Gasteiger partial charge is 0.125 e. The van der Waals surface area contributed by atoms with Gasteiger partial charge in [-0.2, -0.15) is 0 Å². The number of nitrogens with zero attached hydrogens (tertiary/aromatic N) is 2. The van der Waals surface area contributed by atoms with Crippen molar-refractivity contribution in [3.8, 4) is 11.3 Å². The topological polar surface area (TPSA) is 25.8 Å². The van der Waals surface area contributed by atoms with Crippen LogP contribution < -0.4 is 0 Å². The summed E-state index contributed by atoms with van der Waals surface area (Å²) in [5.41, 5.74) is 4.88. The van der Waals surface area contributed by atoms with Gasteiger partial charge in [0.05, 0.1) is 11.2 Å². The van der Waals surface area contributed by atoms with E-state index in [-0.39, 0.29) is 5.82 Å². The highest BCUT2D eigenvalue weighted by Crippen LogP contribution is 2.27. The van der Waals surface area contributed by atoms with E-state index in [1.54, 1.807) is 6.07 Å². The number of aryl methyl sites for hydroxylation is 2. The van der Waals surface area contributed by atoms with Gasteiger partial charge in [-0.25, -0.2) is 14.4 Å². The van der Waals surface area contributed by atoms with Crippen LogP contribution in [0.4, 0.5) is 4.39 Å². The van der Waals surface area contributed by atoms with Crippen LogP contribution in [0.5, 0.6) is 0 Å². The molecule has 0 amide bonds. The van der Waals surface area contributed by atoms with Crippen LogP contribution in [0.15, 0.2) is 42.7 Å². The molecule has 0 fully saturated rings. The molecular weight excluding hydrogens is 239 g/mol. The summed E-state index contributed by atoms with van der Waals surface area (Å²) < 4.78 is 13.2. The molecule has 2 nitrogen and oxygen atoms in total. The zero-order chi connectivity index (χ0) is 13.4. The number of hydrogen-bond donors (Lipinski definition) is 0. The van der Waals surface area contributed by atoms with Crippen LogP contribution in [-0.4, -0.2) is 9.97 Å². The van der Waals surface area contributed by atoms with Gasteiger partial charge in [-0.1, -0.05) is 17.2 Å². The maximum atomic E-state index is 13.2. The first-order chi connectivity index (χ1) is 9.13. The van der Waals surface area contributed by atoms with Gasteiger partial charge in [0.2, 0.25) is 0 Å². The molecule has 0 bridgehead atoms. The van der Waals surface area contributed by atoms with E-state index in [1.165, 1.54) is 29.6 Å². The minimum absolute atomic E-state index is 0.280. The van der Waals surface area contributed by atoms with E-state index in [9.17, 15) is 4.39 Å². The second kappa shape index (κ2) is 4.43. The number of benzene rings is 2. The number of rotatable bonds is 1. The van der Waals surface area contributed by atoms with Gasteiger partial charge < -0.3 is 0 Å². The van der Waals surface area contributed by atoms with Crippen LogP contribution in [-0.2, 0) is 0 Å². The molecule has 0 atom stereocenters. The second-order valence-electron chi connectivity index (χ2n) is 4.76. The first kappa shape index (κ1) is 11.8. The van der Waals surface area contributed by atoms with Gasteiger partial charge in [-0.15, -0.1) is 0 Å². The number of halogens is 1. The molecule has 0 spiro atoms. The molecule has 1 aromatic heterocycles. The van der Waals surface area contributed by atoms with Gasteiger partial charge >= 0.3 is 0 Å². The standard InChI is InChI=1S/C16H13FN2/c1-10-5-11(2)7-12(6-10)16-14-4-3-13(17)8-15(14)18-9-19-16/h3-9H,1-2H3. The Morgan fingerprint density at radius 2 is 1.63 bits per heavy atom. The summed E-state index contributed by atoms with van der Waals surface area (Å²) in [5.74, 6) is -0.280. The molecule has 0 N–H and O–H groups in total. The van der Waals surface area contributed by atoms with Gasteiger partial charge in [-0.3, -0.25) is 0 Å². The van der Waals surface area contributed by atoms with E-state index in [0.717, 1.165) is 16.6 Å². The lowest BCUT2D eigenvalue weighted by atomic mass is 10.0. The summed E-state index contributed by atoms with van der Waals surface area (Å²) >= 11 is 0. The largest absolute Gasteiger partial charge is 0.236 e. The monoisotopic (exact) mass is 252 g/mol. The molecule has 3 heteroatoms. The zero-order valence-electron chi connectivity index (χ0n) is 10.8. The van der Waals surface area contributed by atoms with E-state index in [1.807, 2.05) is 0 Å². The molecule has 0 aliphatic heterocycles. The molecule has 0 saturated carbocycles. The predicted molar refractivity (Wildman–Crippen MR) is 74.4 cm³/mol. The molecule has 2 aromatic carbocycles. The van der Waals surface area contributed by atoms with Crippen LogP contribution in [0.2, 0.25) is 0 Å². The lowest BCUT2D eigenvalue weighted by molar-refractivity contribution is 0.629. The number of fused-ring (bicyclic) bond motifs is 1. The summed E-state index contributed by atoms with van der Waals surface area (Å²) in [7, 11) is 0. The van der Waals surface area contributed by atoms with Gasteiger partial charge in [0.15, 0.2) is 0 Å². The molecule has 0 aliphatic carbocycles. The highest BCUT2D eigenvalue weighted by molar-refractivity contribution is 5.92. The molecule has 1 heterocycles. The Balaban J connectivity index is 2.30. The molecule has 0 unspecified atom stereocenters. The molecule has 94 valence electrons. The first-order valence-corrected chi connectivity index (χ1v) is 6.12. The molecule has 0 aliphatic rings. The molecule has 0 radical (unpaired) electrons. The van der Waals surface area contributed by atoms with Gasteiger partial charge in [-0.05, 0) is 38.1 Å². The Morgan fingerprint density at radius 3 is 2.37 bits per heavy atom. The average Bonchev–Trinajstić information content (AvgIpc) is 2.36.